The molecule has 144 valence electrons. The van der Waals surface area contributed by atoms with E-state index in [2.05, 4.69) is 15.5 Å². The van der Waals surface area contributed by atoms with Gasteiger partial charge in [-0.05, 0) is 30.9 Å². The molecule has 0 spiro atoms. The molecule has 0 saturated heterocycles. The first-order chi connectivity index (χ1) is 13.2. The number of esters is 1. The van der Waals surface area contributed by atoms with Gasteiger partial charge in [-0.2, -0.15) is 0 Å². The van der Waals surface area contributed by atoms with Crippen molar-refractivity contribution in [1.29, 1.82) is 0 Å². The molecule has 1 fully saturated rings. The van der Waals surface area contributed by atoms with E-state index in [1.165, 1.54) is 32.1 Å². The van der Waals surface area contributed by atoms with Crippen molar-refractivity contribution in [3.05, 3.63) is 30.3 Å². The first-order valence-electron chi connectivity index (χ1n) is 9.55. The van der Waals surface area contributed by atoms with Crippen molar-refractivity contribution >= 4 is 17.9 Å². The van der Waals surface area contributed by atoms with Crippen LogP contribution in [0.3, 0.4) is 0 Å². The Hall–Kier alpha value is -2.70. The maximum absolute atomic E-state index is 11.9. The van der Waals surface area contributed by atoms with Crippen LogP contribution in [0.2, 0.25) is 0 Å². The average Bonchev–Trinajstić information content (AvgIpc) is 3.16. The molecule has 1 aromatic heterocycles. The summed E-state index contributed by atoms with van der Waals surface area (Å²) in [7, 11) is 0. The number of amides is 1. The summed E-state index contributed by atoms with van der Waals surface area (Å²) in [5, 5.41) is 10.1. The standard InChI is InChI=1S/C20H25N3O4/c24-17(14-26-18(25)13-7-10-15-8-3-1-4-9-15)21-20-23-22-19(27-20)16-11-5-2-6-12-16/h2,5-6,11-12,15H,1,3-4,7-10,13-14H2,(H,21,23,24). The average molecular weight is 371 g/mol. The van der Waals surface area contributed by atoms with Crippen molar-refractivity contribution in [2.45, 2.75) is 51.4 Å². The van der Waals surface area contributed by atoms with E-state index in [-0.39, 0.29) is 18.6 Å². The second-order valence-corrected chi connectivity index (χ2v) is 6.88. The molecule has 1 aliphatic rings. The van der Waals surface area contributed by atoms with Gasteiger partial charge in [0.2, 0.25) is 5.89 Å². The summed E-state index contributed by atoms with van der Waals surface area (Å²) in [6.07, 6.45) is 8.71. The number of anilines is 1. The van der Waals surface area contributed by atoms with Crippen molar-refractivity contribution in [2.75, 3.05) is 11.9 Å². The van der Waals surface area contributed by atoms with Gasteiger partial charge < -0.3 is 9.15 Å². The van der Waals surface area contributed by atoms with E-state index in [1.54, 1.807) is 0 Å². The molecule has 0 unspecified atom stereocenters. The summed E-state index contributed by atoms with van der Waals surface area (Å²) in [5.41, 5.74) is 0.759. The molecular weight excluding hydrogens is 346 g/mol. The summed E-state index contributed by atoms with van der Waals surface area (Å²) < 4.78 is 10.4. The van der Waals surface area contributed by atoms with Crippen LogP contribution in [0.15, 0.2) is 34.7 Å². The number of nitrogens with zero attached hydrogens (tertiary/aromatic N) is 2. The summed E-state index contributed by atoms with van der Waals surface area (Å²) in [5.74, 6) is 0.201. The van der Waals surface area contributed by atoms with Crippen molar-refractivity contribution in [2.24, 2.45) is 5.92 Å². The van der Waals surface area contributed by atoms with E-state index in [1.807, 2.05) is 30.3 Å². The molecule has 1 aliphatic carbocycles. The van der Waals surface area contributed by atoms with Gasteiger partial charge in [0.05, 0.1) is 0 Å². The van der Waals surface area contributed by atoms with Crippen molar-refractivity contribution < 1.29 is 18.7 Å². The van der Waals surface area contributed by atoms with Gasteiger partial charge in [0.25, 0.3) is 5.91 Å². The fraction of sp³-hybridized carbons (Fsp3) is 0.500. The number of nitrogens with one attached hydrogen (secondary N) is 1. The van der Waals surface area contributed by atoms with Gasteiger partial charge in [-0.25, -0.2) is 0 Å². The normalized spacial score (nSPS) is 14.7. The maximum atomic E-state index is 11.9. The van der Waals surface area contributed by atoms with Gasteiger partial charge in [0, 0.05) is 12.0 Å². The second kappa shape index (κ2) is 9.85. The number of aromatic nitrogens is 2. The fourth-order valence-corrected chi connectivity index (χ4v) is 3.36. The van der Waals surface area contributed by atoms with Gasteiger partial charge in [0.15, 0.2) is 6.61 Å². The van der Waals surface area contributed by atoms with Crippen molar-refractivity contribution in [1.82, 2.24) is 10.2 Å². The molecule has 0 bridgehead atoms. The molecule has 7 heteroatoms. The van der Waals surface area contributed by atoms with E-state index in [0.717, 1.165) is 24.3 Å². The third-order valence-corrected chi connectivity index (χ3v) is 4.77. The Morgan fingerprint density at radius 3 is 2.67 bits per heavy atom. The number of rotatable bonds is 8. The Balaban J connectivity index is 1.34. The highest BCUT2D eigenvalue weighted by molar-refractivity contribution is 5.90. The first-order valence-corrected chi connectivity index (χ1v) is 9.55. The lowest BCUT2D eigenvalue weighted by Gasteiger charge is -2.20. The molecule has 1 N–H and O–H groups in total. The first kappa shape index (κ1) is 19.1. The Labute approximate surface area is 158 Å². The van der Waals surface area contributed by atoms with E-state index < -0.39 is 5.91 Å². The molecule has 7 nitrogen and oxygen atoms in total. The molecule has 2 aromatic rings. The number of carbonyl (C=O) groups is 2. The molecular formula is C20H25N3O4. The number of hydrogen-bond acceptors (Lipinski definition) is 6. The minimum absolute atomic E-state index is 0.0211. The highest BCUT2D eigenvalue weighted by Crippen LogP contribution is 2.27. The summed E-state index contributed by atoms with van der Waals surface area (Å²) in [6.45, 7) is -0.356. The highest BCUT2D eigenvalue weighted by atomic mass is 16.5. The van der Waals surface area contributed by atoms with Crippen LogP contribution >= 0.6 is 0 Å². The molecule has 1 amide bonds. The third kappa shape index (κ3) is 6.20. The van der Waals surface area contributed by atoms with E-state index in [0.29, 0.717) is 12.3 Å². The van der Waals surface area contributed by atoms with Crippen LogP contribution in [0.1, 0.15) is 51.4 Å². The van der Waals surface area contributed by atoms with Crippen LogP contribution in [0.4, 0.5) is 6.01 Å². The topological polar surface area (TPSA) is 94.3 Å². The lowest BCUT2D eigenvalue weighted by Crippen LogP contribution is -2.21. The number of benzene rings is 1. The summed E-state index contributed by atoms with van der Waals surface area (Å²) in [6, 6.07) is 9.22. The smallest absolute Gasteiger partial charge is 0.322 e. The molecule has 0 atom stereocenters. The lowest BCUT2D eigenvalue weighted by atomic mass is 9.86. The molecule has 0 radical (unpaired) electrons. The Morgan fingerprint density at radius 1 is 1.11 bits per heavy atom. The van der Waals surface area contributed by atoms with E-state index >= 15 is 0 Å². The molecule has 1 aromatic carbocycles. The molecule has 3 rings (SSSR count). The van der Waals surface area contributed by atoms with Crippen LogP contribution in [-0.4, -0.2) is 28.7 Å². The summed E-state index contributed by atoms with van der Waals surface area (Å²) in [4.78, 5) is 23.6. The van der Waals surface area contributed by atoms with Gasteiger partial charge in [-0.15, -0.1) is 5.10 Å². The lowest BCUT2D eigenvalue weighted by molar-refractivity contribution is -0.147. The predicted molar refractivity (Wildman–Crippen MR) is 99.7 cm³/mol. The minimum atomic E-state index is -0.501. The SMILES string of the molecule is O=C(COC(=O)CCCC1CCCCC1)Nc1nnc(-c2ccccc2)o1. The van der Waals surface area contributed by atoms with Crippen LogP contribution in [0.25, 0.3) is 11.5 Å². The van der Waals surface area contributed by atoms with Crippen LogP contribution < -0.4 is 5.32 Å². The van der Waals surface area contributed by atoms with Gasteiger partial charge >= 0.3 is 12.0 Å². The number of carbonyl (C=O) groups excluding carboxylic acids is 2. The predicted octanol–water partition coefficient (Wildman–Crippen LogP) is 3.97. The quantitative estimate of drug-likeness (QED) is 0.706. The van der Waals surface area contributed by atoms with Crippen molar-refractivity contribution in [3.63, 3.8) is 0 Å². The molecule has 1 saturated carbocycles. The fourth-order valence-electron chi connectivity index (χ4n) is 3.36. The largest absolute Gasteiger partial charge is 0.456 e. The summed E-state index contributed by atoms with van der Waals surface area (Å²) >= 11 is 0. The van der Waals surface area contributed by atoms with Crippen LogP contribution in [0, 0.1) is 5.92 Å². The minimum Gasteiger partial charge on any atom is -0.456 e. The Morgan fingerprint density at radius 2 is 1.89 bits per heavy atom. The molecule has 0 aliphatic heterocycles. The second-order valence-electron chi connectivity index (χ2n) is 6.88. The zero-order valence-electron chi connectivity index (χ0n) is 15.4. The monoisotopic (exact) mass is 371 g/mol. The third-order valence-electron chi connectivity index (χ3n) is 4.77. The van der Waals surface area contributed by atoms with Crippen LogP contribution in [0.5, 0.6) is 0 Å². The molecule has 1 heterocycles. The maximum Gasteiger partial charge on any atom is 0.322 e. The van der Waals surface area contributed by atoms with E-state index in [9.17, 15) is 9.59 Å². The Bertz CT molecular complexity index is 739. The number of ether oxygens (including phenoxy) is 1. The highest BCUT2D eigenvalue weighted by Gasteiger charge is 2.15. The van der Waals surface area contributed by atoms with Crippen molar-refractivity contribution in [3.8, 4) is 11.5 Å². The number of hydrogen-bond donors (Lipinski definition) is 1. The van der Waals surface area contributed by atoms with E-state index in [4.69, 9.17) is 9.15 Å². The van der Waals surface area contributed by atoms with Gasteiger partial charge in [-0.1, -0.05) is 55.4 Å². The Kier molecular flexibility index (Phi) is 6.96. The van der Waals surface area contributed by atoms with Gasteiger partial charge in [0.1, 0.15) is 0 Å². The zero-order valence-corrected chi connectivity index (χ0v) is 15.4. The zero-order chi connectivity index (χ0) is 18.9. The van der Waals surface area contributed by atoms with Crippen LogP contribution in [-0.2, 0) is 14.3 Å². The van der Waals surface area contributed by atoms with Gasteiger partial charge in [-0.3, -0.25) is 14.9 Å². The molecule has 27 heavy (non-hydrogen) atoms.